The number of aliphatic imine (C=N–C) groups is 1. The molecular formula is C26H31BrF3N3O. The van der Waals surface area contributed by atoms with Crippen molar-refractivity contribution in [3.8, 4) is 0 Å². The molecule has 1 aliphatic rings. The first kappa shape index (κ1) is 27.8. The Labute approximate surface area is 208 Å². The molecule has 0 aliphatic carbocycles. The fraction of sp³-hybridized carbons (Fsp3) is 0.385. The largest absolute Gasteiger partial charge is 0.345 e. The van der Waals surface area contributed by atoms with Crippen molar-refractivity contribution >= 4 is 33.6 Å². The fourth-order valence-electron chi connectivity index (χ4n) is 3.81. The summed E-state index contributed by atoms with van der Waals surface area (Å²) in [6, 6.07) is 2.20. The Morgan fingerprint density at radius 2 is 2.00 bits per heavy atom. The van der Waals surface area contributed by atoms with E-state index in [1.807, 2.05) is 19.9 Å². The number of amides is 1. The third-order valence-corrected chi connectivity index (χ3v) is 6.59. The van der Waals surface area contributed by atoms with Crippen LogP contribution in [0, 0.1) is 12.7 Å². The zero-order chi connectivity index (χ0) is 25.8. The number of rotatable bonds is 7. The topological polar surface area (TPSA) is 35.9 Å². The quantitative estimate of drug-likeness (QED) is 0.314. The van der Waals surface area contributed by atoms with Crippen molar-refractivity contribution in [2.45, 2.75) is 32.7 Å². The zero-order valence-corrected chi connectivity index (χ0v) is 22.0. The second kappa shape index (κ2) is 11.3. The van der Waals surface area contributed by atoms with E-state index in [0.717, 1.165) is 16.1 Å². The summed E-state index contributed by atoms with van der Waals surface area (Å²) in [4.78, 5) is 19.0. The van der Waals surface area contributed by atoms with Gasteiger partial charge in [0.25, 0.3) is 11.8 Å². The third kappa shape index (κ3) is 6.36. The number of alkyl halides is 2. The predicted octanol–water partition coefficient (Wildman–Crippen LogP) is 6.04. The Bertz CT molecular complexity index is 1060. The van der Waals surface area contributed by atoms with Crippen molar-refractivity contribution in [3.63, 3.8) is 0 Å². The van der Waals surface area contributed by atoms with Crippen molar-refractivity contribution in [2.24, 2.45) is 4.99 Å². The molecule has 1 heterocycles. The van der Waals surface area contributed by atoms with Crippen LogP contribution in [-0.2, 0) is 0 Å². The maximum absolute atomic E-state index is 15.3. The average Bonchev–Trinajstić information content (AvgIpc) is 2.76. The molecular weight excluding hydrogens is 507 g/mol. The van der Waals surface area contributed by atoms with E-state index in [1.54, 1.807) is 45.3 Å². The highest BCUT2D eigenvalue weighted by Crippen LogP contribution is 2.40. The van der Waals surface area contributed by atoms with E-state index in [0.29, 0.717) is 11.1 Å². The Morgan fingerprint density at radius 3 is 2.53 bits per heavy atom. The van der Waals surface area contributed by atoms with Crippen molar-refractivity contribution < 1.29 is 18.0 Å². The molecule has 4 nitrogen and oxygen atoms in total. The van der Waals surface area contributed by atoms with E-state index in [4.69, 9.17) is 0 Å². The lowest BCUT2D eigenvalue weighted by Crippen LogP contribution is -2.46. The highest BCUT2D eigenvalue weighted by molar-refractivity contribution is 9.12. The van der Waals surface area contributed by atoms with Crippen LogP contribution in [0.1, 0.15) is 35.3 Å². The Kier molecular flexibility index (Phi) is 9.25. The maximum Gasteiger partial charge on any atom is 0.286 e. The summed E-state index contributed by atoms with van der Waals surface area (Å²) in [6.45, 7) is 8.96. The molecule has 1 aromatic carbocycles. The zero-order valence-electron chi connectivity index (χ0n) is 20.4. The lowest BCUT2D eigenvalue weighted by molar-refractivity contribution is 0.0116. The number of aryl methyl sites for hydroxylation is 1. The first-order valence-corrected chi connectivity index (χ1v) is 11.6. The number of hydrogen-bond acceptors (Lipinski definition) is 3. The minimum absolute atomic E-state index is 0.130. The van der Waals surface area contributed by atoms with Crippen LogP contribution in [0.15, 0.2) is 57.6 Å². The second-order valence-electron chi connectivity index (χ2n) is 8.61. The van der Waals surface area contributed by atoms with E-state index >= 15 is 8.78 Å². The molecule has 1 atom stereocenters. The number of carbonyl (C=O) groups excluding carboxylic acids is 1. The van der Waals surface area contributed by atoms with Gasteiger partial charge in [0.15, 0.2) is 0 Å². The summed E-state index contributed by atoms with van der Waals surface area (Å²) >= 11 is 3.43. The number of halogens is 4. The van der Waals surface area contributed by atoms with Gasteiger partial charge in [0.05, 0.1) is 6.54 Å². The Morgan fingerprint density at radius 1 is 1.35 bits per heavy atom. The van der Waals surface area contributed by atoms with Gasteiger partial charge in [-0.15, -0.1) is 0 Å². The average molecular weight is 538 g/mol. The molecule has 34 heavy (non-hydrogen) atoms. The Hall–Kier alpha value is -2.45. The molecule has 1 aromatic rings. The molecule has 1 aliphatic heterocycles. The predicted molar refractivity (Wildman–Crippen MR) is 137 cm³/mol. The van der Waals surface area contributed by atoms with Gasteiger partial charge in [0, 0.05) is 61.1 Å². The summed E-state index contributed by atoms with van der Waals surface area (Å²) in [5.74, 6) is -4.47. The van der Waals surface area contributed by atoms with Crippen LogP contribution < -0.4 is 0 Å². The molecule has 2 rings (SSSR count). The van der Waals surface area contributed by atoms with Crippen LogP contribution in [0.3, 0.4) is 0 Å². The summed E-state index contributed by atoms with van der Waals surface area (Å²) in [6.07, 6.45) is 6.61. The first-order chi connectivity index (χ1) is 15.8. The first-order valence-electron chi connectivity index (χ1n) is 10.8. The molecule has 0 radical (unpaired) electrons. The van der Waals surface area contributed by atoms with Crippen molar-refractivity contribution in [2.75, 3.05) is 34.2 Å². The molecule has 184 valence electrons. The number of carbonyl (C=O) groups is 1. The summed E-state index contributed by atoms with van der Waals surface area (Å²) < 4.78 is 46.3. The normalized spacial score (nSPS) is 18.1. The summed E-state index contributed by atoms with van der Waals surface area (Å²) in [7, 11) is 4.76. The van der Waals surface area contributed by atoms with E-state index in [2.05, 4.69) is 27.5 Å². The standard InChI is InChI=1S/C26H31BrF3N3O/c1-16(12-17(2)22(27)8-10-31-5)19(4)33-11-9-21(26(29,30)15-33)24-18(3)13-20(14-23(24)28)25(34)32(6)7/h8-10,12-14,19H,2,11,15H2,1,3-7H3/b16-12+,22-8+,31-10?. The lowest BCUT2D eigenvalue weighted by Gasteiger charge is -2.37. The third-order valence-electron chi connectivity index (χ3n) is 5.82. The molecule has 0 saturated heterocycles. The highest BCUT2D eigenvalue weighted by atomic mass is 79.9. The number of hydrogen-bond donors (Lipinski definition) is 0. The lowest BCUT2D eigenvalue weighted by atomic mass is 9.90. The summed E-state index contributed by atoms with van der Waals surface area (Å²) in [5, 5.41) is 0. The van der Waals surface area contributed by atoms with Crippen molar-refractivity contribution in [3.05, 3.63) is 75.1 Å². The van der Waals surface area contributed by atoms with E-state index < -0.39 is 18.3 Å². The minimum Gasteiger partial charge on any atom is -0.345 e. The van der Waals surface area contributed by atoms with E-state index in [1.165, 1.54) is 17.0 Å². The van der Waals surface area contributed by atoms with Gasteiger partial charge in [0.2, 0.25) is 0 Å². The highest BCUT2D eigenvalue weighted by Gasteiger charge is 2.42. The van der Waals surface area contributed by atoms with Crippen molar-refractivity contribution in [1.82, 2.24) is 9.80 Å². The van der Waals surface area contributed by atoms with Crippen molar-refractivity contribution in [1.29, 1.82) is 0 Å². The SMILES string of the molecule is C=C(/C=C(\C)C(C)N1CC=C(c2c(C)cc(C(=O)N(C)C)cc2F)C(F)(F)C1)/C(Br)=C\C=NC. The number of nitrogens with zero attached hydrogens (tertiary/aromatic N) is 3. The summed E-state index contributed by atoms with van der Waals surface area (Å²) in [5.41, 5.74) is 1.52. The second-order valence-corrected chi connectivity index (χ2v) is 9.47. The maximum atomic E-state index is 15.3. The van der Waals surface area contributed by atoms with Crippen LogP contribution >= 0.6 is 15.9 Å². The molecule has 0 bridgehead atoms. The molecule has 0 fully saturated rings. The molecule has 1 amide bonds. The number of benzene rings is 1. The molecule has 8 heteroatoms. The van der Waals surface area contributed by atoms with Gasteiger partial charge in [-0.25, -0.2) is 4.39 Å². The van der Waals surface area contributed by atoms with E-state index in [-0.39, 0.29) is 35.2 Å². The van der Waals surface area contributed by atoms with Gasteiger partial charge in [-0.2, -0.15) is 8.78 Å². The van der Waals surface area contributed by atoms with Gasteiger partial charge in [-0.3, -0.25) is 14.7 Å². The van der Waals surface area contributed by atoms with Gasteiger partial charge in [-0.1, -0.05) is 40.2 Å². The van der Waals surface area contributed by atoms with E-state index in [9.17, 15) is 9.18 Å². The minimum atomic E-state index is -3.26. The Balaban J connectivity index is 2.32. The molecule has 0 N–H and O–H groups in total. The van der Waals surface area contributed by atoms with Crippen LogP contribution in [-0.4, -0.2) is 68.1 Å². The smallest absolute Gasteiger partial charge is 0.286 e. The van der Waals surface area contributed by atoms with Crippen LogP contribution in [0.25, 0.3) is 5.57 Å². The molecule has 0 aromatic heterocycles. The fourth-order valence-corrected chi connectivity index (χ4v) is 4.04. The van der Waals surface area contributed by atoms with Gasteiger partial charge in [0.1, 0.15) is 5.82 Å². The molecule has 1 unspecified atom stereocenters. The van der Waals surface area contributed by atoms with Crippen LogP contribution in [0.2, 0.25) is 0 Å². The monoisotopic (exact) mass is 537 g/mol. The van der Waals surface area contributed by atoms with Gasteiger partial charge < -0.3 is 4.90 Å². The molecule has 0 spiro atoms. The molecule has 0 saturated carbocycles. The van der Waals surface area contributed by atoms with Crippen LogP contribution in [0.5, 0.6) is 0 Å². The van der Waals surface area contributed by atoms with Crippen LogP contribution in [0.4, 0.5) is 13.2 Å². The number of allylic oxidation sites excluding steroid dienone is 4. The van der Waals surface area contributed by atoms with Gasteiger partial charge >= 0.3 is 0 Å². The van der Waals surface area contributed by atoms with Gasteiger partial charge in [-0.05, 0) is 50.1 Å².